The number of hydrogen-bond donors (Lipinski definition) is 0. The molecule has 2 fully saturated rings. The minimum Gasteiger partial charge on any atom is -0.490 e. The van der Waals surface area contributed by atoms with Crippen molar-refractivity contribution in [2.24, 2.45) is 0 Å². The monoisotopic (exact) mass is 416 g/mol. The molecule has 3 rings (SSSR count). The second-order valence-corrected chi connectivity index (χ2v) is 7.59. The fraction of sp³-hybridized carbons (Fsp3) is 0.700. The molecule has 9 heteroatoms. The molecule has 1 saturated heterocycles. The van der Waals surface area contributed by atoms with Crippen molar-refractivity contribution in [2.75, 3.05) is 13.1 Å². The molecule has 6 nitrogen and oxygen atoms in total. The predicted molar refractivity (Wildman–Crippen MR) is 98.6 cm³/mol. The minimum atomic E-state index is -4.54. The molecule has 1 aliphatic carbocycles. The van der Waals surface area contributed by atoms with Gasteiger partial charge in [0, 0.05) is 25.5 Å². The highest BCUT2D eigenvalue weighted by Crippen LogP contribution is 2.28. The van der Waals surface area contributed by atoms with Gasteiger partial charge in [-0.05, 0) is 57.6 Å². The van der Waals surface area contributed by atoms with E-state index < -0.39 is 18.4 Å². The first-order chi connectivity index (χ1) is 13.8. The van der Waals surface area contributed by atoms with Gasteiger partial charge in [-0.15, -0.1) is 0 Å². The summed E-state index contributed by atoms with van der Waals surface area (Å²) in [4.78, 5) is 17.2. The highest BCUT2D eigenvalue weighted by atomic mass is 19.4. The molecule has 0 bridgehead atoms. The zero-order valence-corrected chi connectivity index (χ0v) is 16.4. The van der Waals surface area contributed by atoms with Crippen molar-refractivity contribution in [3.05, 3.63) is 24.5 Å². The van der Waals surface area contributed by atoms with Crippen LogP contribution < -0.4 is 4.74 Å². The summed E-state index contributed by atoms with van der Waals surface area (Å²) < 4.78 is 54.2. The lowest BCUT2D eigenvalue weighted by atomic mass is 9.94. The first-order valence-electron chi connectivity index (χ1n) is 10.1. The Bertz CT molecular complexity index is 643. The van der Waals surface area contributed by atoms with Crippen LogP contribution in [0.5, 0.6) is 5.75 Å². The van der Waals surface area contributed by atoms with Crippen LogP contribution in [0.2, 0.25) is 0 Å². The summed E-state index contributed by atoms with van der Waals surface area (Å²) in [7, 11) is 0. The summed E-state index contributed by atoms with van der Waals surface area (Å²) in [6.45, 7) is 1.52. The number of alkyl halides is 3. The largest absolute Gasteiger partial charge is 0.490 e. The second kappa shape index (κ2) is 9.65. The molecule has 1 aliphatic heterocycles. The number of amides is 1. The van der Waals surface area contributed by atoms with Crippen molar-refractivity contribution >= 4 is 6.09 Å². The molecular formula is C20H27F3N2O4. The molecule has 0 N–H and O–H groups in total. The maximum atomic E-state index is 12.5. The predicted octanol–water partition coefficient (Wildman–Crippen LogP) is 4.34. The average molecular weight is 416 g/mol. The summed E-state index contributed by atoms with van der Waals surface area (Å²) in [6.07, 6.45) is 1.01. The molecule has 162 valence electrons. The van der Waals surface area contributed by atoms with Crippen LogP contribution in [0.4, 0.5) is 18.0 Å². The highest BCUT2D eigenvalue weighted by molar-refractivity contribution is 5.68. The normalized spacial score (nSPS) is 24.8. The van der Waals surface area contributed by atoms with Crippen molar-refractivity contribution < 1.29 is 32.2 Å². The number of rotatable bonds is 5. The molecule has 0 spiro atoms. The van der Waals surface area contributed by atoms with Gasteiger partial charge in [0.15, 0.2) is 6.10 Å². The molecule has 0 aromatic carbocycles. The Morgan fingerprint density at radius 1 is 1.03 bits per heavy atom. The van der Waals surface area contributed by atoms with Crippen molar-refractivity contribution in [2.45, 2.75) is 76.0 Å². The van der Waals surface area contributed by atoms with E-state index in [-0.39, 0.29) is 18.3 Å². The topological polar surface area (TPSA) is 60.9 Å². The molecule has 29 heavy (non-hydrogen) atoms. The van der Waals surface area contributed by atoms with E-state index in [1.165, 1.54) is 4.90 Å². The van der Waals surface area contributed by atoms with Gasteiger partial charge in [-0.3, -0.25) is 4.98 Å². The van der Waals surface area contributed by atoms with E-state index in [0.717, 1.165) is 38.4 Å². The summed E-state index contributed by atoms with van der Waals surface area (Å²) in [5.74, 6) is 0.823. The molecule has 2 heterocycles. The van der Waals surface area contributed by atoms with Crippen LogP contribution in [0, 0.1) is 0 Å². The Hall–Kier alpha value is -2.03. The smallest absolute Gasteiger partial charge is 0.425 e. The van der Waals surface area contributed by atoms with Crippen molar-refractivity contribution in [1.82, 2.24) is 9.88 Å². The number of pyridine rings is 1. The maximum absolute atomic E-state index is 12.5. The standard InChI is InChI=1S/C20H27F3N2O4/c1-14(20(21,22)23)27-19(26)25-12-8-18(9-13-25)29-16-4-2-15(3-5-16)28-17-6-10-24-11-7-17/h6-7,10-11,14-16,18H,2-5,8-9,12-13H2,1H3/t14?,15-,16-. The van der Waals surface area contributed by atoms with Crippen molar-refractivity contribution in [1.29, 1.82) is 0 Å². The Kier molecular flexibility index (Phi) is 7.21. The van der Waals surface area contributed by atoms with Crippen LogP contribution in [0.15, 0.2) is 24.5 Å². The molecule has 1 saturated carbocycles. The Morgan fingerprint density at radius 3 is 2.17 bits per heavy atom. The van der Waals surface area contributed by atoms with Crippen LogP contribution in [-0.2, 0) is 9.47 Å². The van der Waals surface area contributed by atoms with Gasteiger partial charge in [0.05, 0.1) is 18.3 Å². The van der Waals surface area contributed by atoms with E-state index in [9.17, 15) is 18.0 Å². The number of likely N-dealkylation sites (tertiary alicyclic amines) is 1. The van der Waals surface area contributed by atoms with Gasteiger partial charge >= 0.3 is 12.3 Å². The Balaban J connectivity index is 1.34. The fourth-order valence-electron chi connectivity index (χ4n) is 3.63. The zero-order valence-electron chi connectivity index (χ0n) is 16.4. The molecular weight excluding hydrogens is 389 g/mol. The van der Waals surface area contributed by atoms with Gasteiger partial charge in [-0.1, -0.05) is 0 Å². The third-order valence-corrected chi connectivity index (χ3v) is 5.40. The van der Waals surface area contributed by atoms with Gasteiger partial charge in [-0.2, -0.15) is 13.2 Å². The molecule has 1 unspecified atom stereocenters. The van der Waals surface area contributed by atoms with Gasteiger partial charge in [0.25, 0.3) is 0 Å². The lowest BCUT2D eigenvalue weighted by molar-refractivity contribution is -0.200. The first kappa shape index (κ1) is 21.7. The van der Waals surface area contributed by atoms with Gasteiger partial charge in [-0.25, -0.2) is 4.79 Å². The number of piperidine rings is 1. The SMILES string of the molecule is CC(OC(=O)N1CCC(O[C@H]2CC[C@H](Oc3ccncc3)CC2)CC1)C(F)(F)F. The van der Waals surface area contributed by atoms with Gasteiger partial charge in [0.2, 0.25) is 0 Å². The van der Waals surface area contributed by atoms with E-state index >= 15 is 0 Å². The van der Waals surface area contributed by atoms with Crippen LogP contribution in [-0.4, -0.2) is 59.7 Å². The summed E-state index contributed by atoms with van der Waals surface area (Å²) in [6, 6.07) is 3.69. The lowest BCUT2D eigenvalue weighted by Gasteiger charge is -2.36. The van der Waals surface area contributed by atoms with E-state index in [2.05, 4.69) is 9.72 Å². The lowest BCUT2D eigenvalue weighted by Crippen LogP contribution is -2.44. The molecule has 1 aromatic heterocycles. The molecule has 1 atom stereocenters. The third kappa shape index (κ3) is 6.48. The van der Waals surface area contributed by atoms with E-state index in [0.29, 0.717) is 25.9 Å². The Labute approximate surface area is 168 Å². The number of hydrogen-bond acceptors (Lipinski definition) is 5. The molecule has 1 aromatic rings. The van der Waals surface area contributed by atoms with Crippen LogP contribution in [0.3, 0.4) is 0 Å². The zero-order chi connectivity index (χ0) is 20.9. The fourth-order valence-corrected chi connectivity index (χ4v) is 3.63. The summed E-state index contributed by atoms with van der Waals surface area (Å²) in [5, 5.41) is 0. The van der Waals surface area contributed by atoms with E-state index in [4.69, 9.17) is 9.47 Å². The maximum Gasteiger partial charge on any atom is 0.425 e. The average Bonchev–Trinajstić information content (AvgIpc) is 2.70. The number of halogens is 3. The van der Waals surface area contributed by atoms with Gasteiger partial charge < -0.3 is 19.1 Å². The molecule has 2 aliphatic rings. The number of carbonyl (C=O) groups excluding carboxylic acids is 1. The van der Waals surface area contributed by atoms with Gasteiger partial charge in [0.1, 0.15) is 5.75 Å². The second-order valence-electron chi connectivity index (χ2n) is 7.59. The van der Waals surface area contributed by atoms with Crippen LogP contribution in [0.25, 0.3) is 0 Å². The number of aromatic nitrogens is 1. The van der Waals surface area contributed by atoms with E-state index in [1.54, 1.807) is 12.4 Å². The Morgan fingerprint density at radius 2 is 1.59 bits per heavy atom. The highest BCUT2D eigenvalue weighted by Gasteiger charge is 2.40. The first-order valence-corrected chi connectivity index (χ1v) is 10.1. The summed E-state index contributed by atoms with van der Waals surface area (Å²) >= 11 is 0. The van der Waals surface area contributed by atoms with Crippen molar-refractivity contribution in [3.8, 4) is 5.75 Å². The minimum absolute atomic E-state index is 0.0155. The van der Waals surface area contributed by atoms with Crippen molar-refractivity contribution in [3.63, 3.8) is 0 Å². The number of ether oxygens (including phenoxy) is 3. The number of nitrogens with zero attached hydrogens (tertiary/aromatic N) is 2. The summed E-state index contributed by atoms with van der Waals surface area (Å²) in [5.41, 5.74) is 0. The molecule has 1 amide bonds. The van der Waals surface area contributed by atoms with Crippen LogP contribution in [0.1, 0.15) is 45.4 Å². The van der Waals surface area contributed by atoms with Crippen LogP contribution >= 0.6 is 0 Å². The number of carbonyl (C=O) groups is 1. The molecule has 0 radical (unpaired) electrons. The third-order valence-electron chi connectivity index (χ3n) is 5.40. The van der Waals surface area contributed by atoms with E-state index in [1.807, 2.05) is 12.1 Å². The quantitative estimate of drug-likeness (QED) is 0.715.